The number of amides is 4. The van der Waals surface area contributed by atoms with Gasteiger partial charge in [0.1, 0.15) is 12.1 Å². The Morgan fingerprint density at radius 2 is 1.96 bits per heavy atom. The van der Waals surface area contributed by atoms with E-state index in [0.717, 1.165) is 11.3 Å². The second-order valence-electron chi connectivity index (χ2n) is 8.94. The fourth-order valence-electron chi connectivity index (χ4n) is 4.81. The lowest BCUT2D eigenvalue weighted by Crippen LogP contribution is -2.54. The smallest absolute Gasteiger partial charge is 0.325 e. The number of Topliss-reactive ketones (excluding diaryl/α,β-unsaturated/α-hetero) is 1. The van der Waals surface area contributed by atoms with Gasteiger partial charge in [-0.25, -0.2) is 4.79 Å². The summed E-state index contributed by atoms with van der Waals surface area (Å²) in [6.45, 7) is 7.37. The highest BCUT2D eigenvalue weighted by Crippen LogP contribution is 2.46. The topological polar surface area (TPSA) is 95.6 Å². The Labute approximate surface area is 164 Å². The Hall–Kier alpha value is -2.70. The number of nitrogens with zero attached hydrogens (tertiary/aromatic N) is 1. The maximum atomic E-state index is 13.1. The zero-order valence-electron chi connectivity index (χ0n) is 16.8. The fourth-order valence-corrected chi connectivity index (χ4v) is 4.81. The van der Waals surface area contributed by atoms with E-state index in [2.05, 4.69) is 31.4 Å². The first-order valence-corrected chi connectivity index (χ1v) is 9.56. The molecule has 4 amide bonds. The van der Waals surface area contributed by atoms with E-state index >= 15 is 0 Å². The lowest BCUT2D eigenvalue weighted by Gasteiger charge is -2.43. The van der Waals surface area contributed by atoms with Crippen molar-refractivity contribution in [3.63, 3.8) is 0 Å². The molecule has 150 valence electrons. The van der Waals surface area contributed by atoms with E-state index in [0.29, 0.717) is 30.0 Å². The molecule has 1 heterocycles. The number of nitrogens with one attached hydrogen (secondary N) is 2. The van der Waals surface area contributed by atoms with Crippen LogP contribution in [-0.4, -0.2) is 40.6 Å². The molecule has 2 N–H and O–H groups in total. The number of ketones is 1. The largest absolute Gasteiger partial charge is 0.325 e. The summed E-state index contributed by atoms with van der Waals surface area (Å²) < 4.78 is 0. The van der Waals surface area contributed by atoms with Crippen LogP contribution in [0, 0.1) is 11.3 Å². The SMILES string of the molecule is CC(=O)c1cccc(NC(=O)CN2C(=O)N[C@]3(C[C@H](C)CC(C)(C)C3)C2=O)c1. The molecule has 1 aromatic carbocycles. The van der Waals surface area contributed by atoms with Crippen LogP contribution in [0.15, 0.2) is 24.3 Å². The first kappa shape index (κ1) is 20.0. The lowest BCUT2D eigenvalue weighted by molar-refractivity contribution is -0.136. The normalized spacial score (nSPS) is 26.3. The third-order valence-electron chi connectivity index (χ3n) is 5.48. The summed E-state index contributed by atoms with van der Waals surface area (Å²) in [7, 11) is 0. The van der Waals surface area contributed by atoms with Crippen molar-refractivity contribution in [2.75, 3.05) is 11.9 Å². The van der Waals surface area contributed by atoms with Gasteiger partial charge >= 0.3 is 6.03 Å². The van der Waals surface area contributed by atoms with Crippen molar-refractivity contribution in [2.45, 2.75) is 52.5 Å². The highest BCUT2D eigenvalue weighted by Gasteiger charge is 2.56. The van der Waals surface area contributed by atoms with E-state index in [9.17, 15) is 19.2 Å². The molecule has 0 aromatic heterocycles. The standard InChI is InChI=1S/C21H27N3O4/c1-13-9-20(3,4)12-21(10-13)18(27)24(19(28)23-21)11-17(26)22-16-7-5-6-15(8-16)14(2)25/h5-8,13H,9-12H2,1-4H3,(H,22,26)(H,23,28)/t13-,21+/m1/s1. The Bertz CT molecular complexity index is 848. The van der Waals surface area contributed by atoms with Gasteiger partial charge in [0.25, 0.3) is 5.91 Å². The van der Waals surface area contributed by atoms with Crippen molar-refractivity contribution in [3.05, 3.63) is 29.8 Å². The van der Waals surface area contributed by atoms with Crippen LogP contribution in [0.5, 0.6) is 0 Å². The number of carbonyl (C=O) groups is 4. The van der Waals surface area contributed by atoms with Gasteiger partial charge in [-0.15, -0.1) is 0 Å². The first-order chi connectivity index (χ1) is 13.0. The average molecular weight is 385 g/mol. The lowest BCUT2D eigenvalue weighted by atomic mass is 9.64. The van der Waals surface area contributed by atoms with Crippen LogP contribution in [-0.2, 0) is 9.59 Å². The number of benzene rings is 1. The minimum Gasteiger partial charge on any atom is -0.325 e. The van der Waals surface area contributed by atoms with Crippen LogP contribution in [0.3, 0.4) is 0 Å². The molecule has 1 aliphatic carbocycles. The van der Waals surface area contributed by atoms with Gasteiger partial charge in [0.05, 0.1) is 0 Å². The second kappa shape index (κ2) is 7.04. The van der Waals surface area contributed by atoms with Crippen molar-refractivity contribution in [1.29, 1.82) is 0 Å². The molecule has 7 nitrogen and oxygen atoms in total. The van der Waals surface area contributed by atoms with Crippen LogP contribution in [0.25, 0.3) is 0 Å². The van der Waals surface area contributed by atoms with Crippen molar-refractivity contribution >= 4 is 29.3 Å². The Kier molecular flexibility index (Phi) is 5.04. The summed E-state index contributed by atoms with van der Waals surface area (Å²) in [5.41, 5.74) is -0.0592. The molecule has 0 bridgehead atoms. The Morgan fingerprint density at radius 3 is 2.61 bits per heavy atom. The van der Waals surface area contributed by atoms with Crippen LogP contribution in [0.1, 0.15) is 57.3 Å². The molecule has 2 aliphatic rings. The van der Waals surface area contributed by atoms with E-state index in [4.69, 9.17) is 0 Å². The van der Waals surface area contributed by atoms with Gasteiger partial charge in [0.15, 0.2) is 5.78 Å². The predicted octanol–water partition coefficient (Wildman–Crippen LogP) is 2.96. The molecule has 0 unspecified atom stereocenters. The number of rotatable bonds is 4. The van der Waals surface area contributed by atoms with Crippen molar-refractivity contribution in [3.8, 4) is 0 Å². The van der Waals surface area contributed by atoms with E-state index in [1.807, 2.05) is 0 Å². The van der Waals surface area contributed by atoms with Gasteiger partial charge in [-0.05, 0) is 49.7 Å². The maximum Gasteiger partial charge on any atom is 0.325 e. The van der Waals surface area contributed by atoms with E-state index in [1.54, 1.807) is 24.3 Å². The van der Waals surface area contributed by atoms with Gasteiger partial charge in [-0.2, -0.15) is 0 Å². The van der Waals surface area contributed by atoms with Crippen LogP contribution < -0.4 is 10.6 Å². The van der Waals surface area contributed by atoms with E-state index in [1.165, 1.54) is 6.92 Å². The number of carbonyl (C=O) groups excluding carboxylic acids is 4. The van der Waals surface area contributed by atoms with Crippen LogP contribution in [0.4, 0.5) is 10.5 Å². The van der Waals surface area contributed by atoms with E-state index in [-0.39, 0.29) is 23.7 Å². The zero-order valence-corrected chi connectivity index (χ0v) is 16.8. The minimum atomic E-state index is -0.924. The maximum absolute atomic E-state index is 13.1. The predicted molar refractivity (Wildman–Crippen MR) is 105 cm³/mol. The highest BCUT2D eigenvalue weighted by molar-refractivity contribution is 6.10. The number of anilines is 1. The van der Waals surface area contributed by atoms with E-state index < -0.39 is 17.5 Å². The molecular weight excluding hydrogens is 358 g/mol. The number of hydrogen-bond acceptors (Lipinski definition) is 4. The van der Waals surface area contributed by atoms with Gasteiger partial charge in [-0.1, -0.05) is 32.9 Å². The summed E-state index contributed by atoms with van der Waals surface area (Å²) in [6.07, 6.45) is 2.14. The zero-order chi connectivity index (χ0) is 20.7. The molecule has 1 saturated carbocycles. The number of hydrogen-bond donors (Lipinski definition) is 2. The second-order valence-corrected chi connectivity index (χ2v) is 8.94. The first-order valence-electron chi connectivity index (χ1n) is 9.56. The number of urea groups is 1. The molecule has 1 aromatic rings. The molecule has 2 atom stereocenters. The quantitative estimate of drug-likeness (QED) is 0.615. The van der Waals surface area contributed by atoms with Gasteiger partial charge in [0.2, 0.25) is 5.91 Å². The monoisotopic (exact) mass is 385 g/mol. The van der Waals surface area contributed by atoms with Crippen molar-refractivity contribution in [1.82, 2.24) is 10.2 Å². The Balaban J connectivity index is 1.71. The van der Waals surface area contributed by atoms with Crippen LogP contribution >= 0.6 is 0 Å². The summed E-state index contributed by atoms with van der Waals surface area (Å²) >= 11 is 0. The molecule has 1 spiro atoms. The molecule has 2 fully saturated rings. The third-order valence-corrected chi connectivity index (χ3v) is 5.48. The van der Waals surface area contributed by atoms with Gasteiger partial charge in [0, 0.05) is 11.3 Å². The molecule has 1 saturated heterocycles. The van der Waals surface area contributed by atoms with Gasteiger partial charge in [-0.3, -0.25) is 19.3 Å². The van der Waals surface area contributed by atoms with Crippen molar-refractivity contribution < 1.29 is 19.2 Å². The third kappa shape index (κ3) is 3.93. The summed E-state index contributed by atoms with van der Waals surface area (Å²) in [6, 6.07) is 6.02. The molecule has 7 heteroatoms. The molecular formula is C21H27N3O4. The molecule has 28 heavy (non-hydrogen) atoms. The molecule has 3 rings (SSSR count). The minimum absolute atomic E-state index is 0.0635. The summed E-state index contributed by atoms with van der Waals surface area (Å²) in [4.78, 5) is 50.5. The Morgan fingerprint density at radius 1 is 1.25 bits per heavy atom. The van der Waals surface area contributed by atoms with Crippen LogP contribution in [0.2, 0.25) is 0 Å². The number of imide groups is 1. The average Bonchev–Trinajstić information content (AvgIpc) is 2.76. The summed E-state index contributed by atoms with van der Waals surface area (Å²) in [5.74, 6) is -0.619. The fraction of sp³-hybridized carbons (Fsp3) is 0.524. The molecule has 1 aliphatic heterocycles. The highest BCUT2D eigenvalue weighted by atomic mass is 16.2. The van der Waals surface area contributed by atoms with Crippen molar-refractivity contribution in [2.24, 2.45) is 11.3 Å². The van der Waals surface area contributed by atoms with Gasteiger partial charge < -0.3 is 10.6 Å². The molecule has 0 radical (unpaired) electrons. The summed E-state index contributed by atoms with van der Waals surface area (Å²) in [5, 5.41) is 5.52.